The maximum Gasteiger partial charge on any atom is 0.418 e. The van der Waals surface area contributed by atoms with Crippen LogP contribution in [0.15, 0.2) is 95.9 Å². The van der Waals surface area contributed by atoms with Crippen LogP contribution < -0.4 is 25.0 Å². The Morgan fingerprint density at radius 2 is 1.64 bits per heavy atom. The Hall–Kier alpha value is -5.48. The molecule has 0 unspecified atom stereocenters. The summed E-state index contributed by atoms with van der Waals surface area (Å²) in [7, 11) is 1.51. The van der Waals surface area contributed by atoms with E-state index in [0.717, 1.165) is 56.1 Å². The number of benzene rings is 4. The molecule has 1 fully saturated rings. The van der Waals surface area contributed by atoms with Gasteiger partial charge in [-0.1, -0.05) is 24.3 Å². The van der Waals surface area contributed by atoms with E-state index in [2.05, 4.69) is 20.3 Å². The molecule has 1 saturated heterocycles. The third-order valence-corrected chi connectivity index (χ3v) is 8.82. The number of ether oxygens (including phenoxy) is 4. The average Bonchev–Trinajstić information content (AvgIpc) is 3.17. The van der Waals surface area contributed by atoms with Gasteiger partial charge in [0.1, 0.15) is 5.75 Å². The first-order chi connectivity index (χ1) is 26.1. The highest BCUT2D eigenvalue weighted by Crippen LogP contribution is 2.38. The Morgan fingerprint density at radius 1 is 0.893 bits per heavy atom. The number of aromatic nitrogens is 3. The van der Waals surface area contributed by atoms with E-state index in [-0.39, 0.29) is 58.6 Å². The van der Waals surface area contributed by atoms with Crippen molar-refractivity contribution in [3.63, 3.8) is 0 Å². The summed E-state index contributed by atoms with van der Waals surface area (Å²) in [5.41, 5.74) is -2.38. The van der Waals surface area contributed by atoms with Crippen LogP contribution in [0.3, 0.4) is 0 Å². The molecule has 0 bridgehead atoms. The molecule has 1 N–H and O–H groups in total. The number of nitrogens with one attached hydrogen (secondary N) is 1. The third kappa shape index (κ3) is 8.97. The van der Waals surface area contributed by atoms with Gasteiger partial charge in [-0.05, 0) is 55.0 Å². The topological polar surface area (TPSA) is 117 Å². The minimum absolute atomic E-state index is 0. The standard InChI is InChI=1S/C39H33F4N5O6.2ClH/c1-51-34-22-26-29(23-35(34)53-18-6-15-47-16-19-52-20-17-47)44-14-13-32(26)54-33-12-11-24(21-28(33)40)45-38(50)36-37(49)25-7-2-4-9-30(25)48(46-36)31-10-5-3-8-27(31)39(41,42)43;;/h2-5,7-14,21-23H,6,15-20H2,1H3,(H,45,50);2*1H. The first kappa shape index (κ1) is 41.7. The number of anilines is 1. The van der Waals surface area contributed by atoms with Crippen LogP contribution in [-0.2, 0) is 10.9 Å². The number of carbonyl (C=O) groups is 1. The Labute approximate surface area is 330 Å². The number of hydrogen-bond donors (Lipinski definition) is 1. The van der Waals surface area contributed by atoms with Gasteiger partial charge in [-0.3, -0.25) is 19.5 Å². The lowest BCUT2D eigenvalue weighted by Crippen LogP contribution is -2.37. The lowest BCUT2D eigenvalue weighted by molar-refractivity contribution is -0.137. The third-order valence-electron chi connectivity index (χ3n) is 8.82. The molecule has 7 rings (SSSR count). The van der Waals surface area contributed by atoms with Gasteiger partial charge in [0.15, 0.2) is 28.8 Å². The van der Waals surface area contributed by atoms with E-state index in [1.54, 1.807) is 18.2 Å². The number of alkyl halides is 3. The van der Waals surface area contributed by atoms with Crippen LogP contribution in [0, 0.1) is 5.82 Å². The second kappa shape index (κ2) is 18.0. The van der Waals surface area contributed by atoms with Gasteiger partial charge in [-0.25, -0.2) is 9.07 Å². The number of morpholine rings is 1. The van der Waals surface area contributed by atoms with Gasteiger partial charge >= 0.3 is 6.18 Å². The summed E-state index contributed by atoms with van der Waals surface area (Å²) in [6, 6.07) is 19.1. The quantitative estimate of drug-likeness (QED) is 0.102. The molecule has 4 aromatic carbocycles. The maximum absolute atomic E-state index is 15.5. The number of carbonyl (C=O) groups excluding carboxylic acids is 1. The monoisotopic (exact) mass is 815 g/mol. The first-order valence-electron chi connectivity index (χ1n) is 17.0. The summed E-state index contributed by atoms with van der Waals surface area (Å²) < 4.78 is 81.2. The highest BCUT2D eigenvalue weighted by molar-refractivity contribution is 6.04. The zero-order chi connectivity index (χ0) is 37.8. The highest BCUT2D eigenvalue weighted by atomic mass is 35.5. The Morgan fingerprint density at radius 3 is 2.39 bits per heavy atom. The second-order valence-electron chi connectivity index (χ2n) is 12.3. The molecule has 1 aliphatic rings. The maximum atomic E-state index is 15.5. The van der Waals surface area contributed by atoms with E-state index in [9.17, 15) is 22.8 Å². The van der Waals surface area contributed by atoms with Crippen molar-refractivity contribution in [3.05, 3.63) is 118 Å². The zero-order valence-corrected chi connectivity index (χ0v) is 31.3. The molecule has 0 aliphatic carbocycles. The molecule has 6 aromatic rings. The van der Waals surface area contributed by atoms with Crippen molar-refractivity contribution in [2.45, 2.75) is 12.6 Å². The van der Waals surface area contributed by atoms with Crippen LogP contribution >= 0.6 is 24.8 Å². The molecule has 3 heterocycles. The van der Waals surface area contributed by atoms with E-state index in [1.807, 2.05) is 0 Å². The number of methoxy groups -OCH3 is 1. The molecule has 0 saturated carbocycles. The molecular weight excluding hydrogens is 781 g/mol. The number of halogens is 6. The van der Waals surface area contributed by atoms with Gasteiger partial charge in [0.25, 0.3) is 5.91 Å². The Bertz CT molecular complexity index is 2410. The Kier molecular flexibility index (Phi) is 13.4. The number of para-hydroxylation sites is 2. The highest BCUT2D eigenvalue weighted by Gasteiger charge is 2.34. The molecule has 2 aromatic heterocycles. The van der Waals surface area contributed by atoms with Crippen LogP contribution in [0.5, 0.6) is 23.0 Å². The number of hydrogen-bond acceptors (Lipinski definition) is 9. The number of nitrogens with zero attached hydrogens (tertiary/aromatic N) is 4. The number of pyridine rings is 1. The molecule has 11 nitrogen and oxygen atoms in total. The number of rotatable bonds is 11. The van der Waals surface area contributed by atoms with Crippen LogP contribution in [0.2, 0.25) is 0 Å². The fraction of sp³-hybridized carbons (Fsp3) is 0.231. The van der Waals surface area contributed by atoms with Crippen LogP contribution in [0.1, 0.15) is 22.5 Å². The summed E-state index contributed by atoms with van der Waals surface area (Å²) in [6.07, 6.45) is -2.43. The van der Waals surface area contributed by atoms with Crippen molar-refractivity contribution in [1.29, 1.82) is 0 Å². The minimum Gasteiger partial charge on any atom is -0.493 e. The van der Waals surface area contributed by atoms with Crippen molar-refractivity contribution in [2.75, 3.05) is 51.9 Å². The van der Waals surface area contributed by atoms with Gasteiger partial charge < -0.3 is 24.3 Å². The molecule has 0 atom stereocenters. The smallest absolute Gasteiger partial charge is 0.418 e. The van der Waals surface area contributed by atoms with E-state index in [1.165, 1.54) is 67.9 Å². The largest absolute Gasteiger partial charge is 0.493 e. The van der Waals surface area contributed by atoms with E-state index < -0.39 is 34.6 Å². The average molecular weight is 817 g/mol. The van der Waals surface area contributed by atoms with Gasteiger partial charge in [0.2, 0.25) is 5.43 Å². The van der Waals surface area contributed by atoms with Crippen LogP contribution in [-0.4, -0.2) is 72.1 Å². The zero-order valence-electron chi connectivity index (χ0n) is 29.7. The Balaban J connectivity index is 0.00000300. The van der Waals surface area contributed by atoms with Crippen molar-refractivity contribution < 1.29 is 41.3 Å². The normalized spacial score (nSPS) is 13.1. The van der Waals surface area contributed by atoms with E-state index in [0.29, 0.717) is 29.0 Å². The minimum atomic E-state index is -4.75. The molecule has 1 amide bonds. The summed E-state index contributed by atoms with van der Waals surface area (Å²) >= 11 is 0. The van der Waals surface area contributed by atoms with E-state index >= 15 is 4.39 Å². The van der Waals surface area contributed by atoms with Crippen molar-refractivity contribution in [1.82, 2.24) is 19.7 Å². The van der Waals surface area contributed by atoms with Crippen molar-refractivity contribution >= 4 is 58.2 Å². The molecule has 56 heavy (non-hydrogen) atoms. The predicted molar refractivity (Wildman–Crippen MR) is 207 cm³/mol. The molecule has 1 aliphatic heterocycles. The summed E-state index contributed by atoms with van der Waals surface area (Å²) in [5.74, 6) is -0.879. The van der Waals surface area contributed by atoms with Gasteiger partial charge in [-0.15, -0.1) is 24.8 Å². The van der Waals surface area contributed by atoms with Gasteiger partial charge in [-0.2, -0.15) is 18.3 Å². The predicted octanol–water partition coefficient (Wildman–Crippen LogP) is 8.09. The van der Waals surface area contributed by atoms with Crippen LogP contribution in [0.25, 0.3) is 27.5 Å². The lowest BCUT2D eigenvalue weighted by atomic mass is 10.1. The molecule has 0 radical (unpaired) electrons. The molecule has 294 valence electrons. The number of amides is 1. The summed E-state index contributed by atoms with van der Waals surface area (Å²) in [5, 5.41) is 6.99. The summed E-state index contributed by atoms with van der Waals surface area (Å²) in [6.45, 7) is 4.57. The SMILES string of the molecule is COc1cc2c(Oc3ccc(NC(=O)c4nn(-c5ccccc5C(F)(F)F)c5ccccc5c4=O)cc3F)ccnc2cc1OCCCN1CCOCC1.Cl.Cl. The van der Waals surface area contributed by atoms with Gasteiger partial charge in [0.05, 0.1) is 54.6 Å². The molecule has 0 spiro atoms. The fourth-order valence-electron chi connectivity index (χ4n) is 6.16. The summed E-state index contributed by atoms with van der Waals surface area (Å²) in [4.78, 5) is 33.5. The van der Waals surface area contributed by atoms with Gasteiger partial charge in [0, 0.05) is 49.0 Å². The molecular formula is C39H35Cl2F4N5O6. The first-order valence-corrected chi connectivity index (χ1v) is 17.0. The fourth-order valence-corrected chi connectivity index (χ4v) is 6.16. The van der Waals surface area contributed by atoms with E-state index in [4.69, 9.17) is 18.9 Å². The lowest BCUT2D eigenvalue weighted by Gasteiger charge is -2.26. The molecule has 17 heteroatoms. The number of fused-ring (bicyclic) bond motifs is 2. The van der Waals surface area contributed by atoms with Crippen molar-refractivity contribution in [2.24, 2.45) is 0 Å². The van der Waals surface area contributed by atoms with Crippen molar-refractivity contribution in [3.8, 4) is 28.7 Å². The second-order valence-corrected chi connectivity index (χ2v) is 12.3. The van der Waals surface area contributed by atoms with Crippen LogP contribution in [0.4, 0.5) is 23.2 Å².